The lowest BCUT2D eigenvalue weighted by molar-refractivity contribution is 0.621. The Morgan fingerprint density at radius 1 is 0.947 bits per heavy atom. The first kappa shape index (κ1) is 13.0. The van der Waals surface area contributed by atoms with E-state index in [2.05, 4.69) is 38.7 Å². The molecule has 0 fully saturated rings. The number of benzene rings is 1. The van der Waals surface area contributed by atoms with Gasteiger partial charge in [0.2, 0.25) is 0 Å². The van der Waals surface area contributed by atoms with E-state index in [0.29, 0.717) is 11.8 Å². The van der Waals surface area contributed by atoms with Crippen LogP contribution in [0.25, 0.3) is 0 Å². The molecule has 0 aromatic heterocycles. The highest BCUT2D eigenvalue weighted by atomic mass is 15.1. The molecule has 19 heavy (non-hydrogen) atoms. The van der Waals surface area contributed by atoms with Gasteiger partial charge in [-0.15, -0.1) is 0 Å². The quantitative estimate of drug-likeness (QED) is 0.746. The molecule has 0 unspecified atom stereocenters. The fourth-order valence-corrected chi connectivity index (χ4v) is 4.07. The Bertz CT molecular complexity index is 483. The van der Waals surface area contributed by atoms with Gasteiger partial charge in [0.1, 0.15) is 0 Å². The molecular weight excluding hydrogens is 230 g/mol. The number of hydrogen-bond acceptors (Lipinski definition) is 1. The highest BCUT2D eigenvalue weighted by Crippen LogP contribution is 2.42. The Labute approximate surface area is 118 Å². The summed E-state index contributed by atoms with van der Waals surface area (Å²) < 4.78 is 0. The second kappa shape index (κ2) is 4.85. The monoisotopic (exact) mass is 257 g/mol. The Balaban J connectivity index is 2.25. The summed E-state index contributed by atoms with van der Waals surface area (Å²) in [6.45, 7) is 12.0. The third-order valence-corrected chi connectivity index (χ3v) is 4.80. The van der Waals surface area contributed by atoms with Gasteiger partial charge in [-0.2, -0.15) is 0 Å². The molecule has 1 aromatic carbocycles. The molecule has 0 atom stereocenters. The average molecular weight is 257 g/mol. The second-order valence-electron chi connectivity index (χ2n) is 6.87. The summed E-state index contributed by atoms with van der Waals surface area (Å²) in [6, 6.07) is 2.54. The van der Waals surface area contributed by atoms with Crippen molar-refractivity contribution in [2.45, 2.75) is 65.2 Å². The Morgan fingerprint density at radius 2 is 1.63 bits per heavy atom. The van der Waals surface area contributed by atoms with Crippen LogP contribution in [0, 0.1) is 0 Å². The maximum absolute atomic E-state index is 2.66. The van der Waals surface area contributed by atoms with E-state index in [4.69, 9.17) is 0 Å². The van der Waals surface area contributed by atoms with Crippen molar-refractivity contribution in [1.82, 2.24) is 0 Å². The maximum Gasteiger partial charge on any atom is 0.0434 e. The lowest BCUT2D eigenvalue weighted by Crippen LogP contribution is -2.35. The van der Waals surface area contributed by atoms with Gasteiger partial charge in [-0.1, -0.05) is 33.8 Å². The summed E-state index contributed by atoms with van der Waals surface area (Å²) in [5.41, 5.74) is 8.25. The van der Waals surface area contributed by atoms with Gasteiger partial charge >= 0.3 is 0 Å². The van der Waals surface area contributed by atoms with Crippen LogP contribution >= 0.6 is 0 Å². The topological polar surface area (TPSA) is 3.24 Å². The van der Waals surface area contributed by atoms with Gasteiger partial charge in [0.15, 0.2) is 0 Å². The first-order valence-corrected chi connectivity index (χ1v) is 8.03. The van der Waals surface area contributed by atoms with Crippen LogP contribution in [0.15, 0.2) is 6.07 Å². The SMILES string of the molecule is CC(C)c1cc2c3c(c1C(C)C)CCCN3CCC2. The highest BCUT2D eigenvalue weighted by Gasteiger charge is 2.28. The summed E-state index contributed by atoms with van der Waals surface area (Å²) in [6.07, 6.45) is 5.27. The smallest absolute Gasteiger partial charge is 0.0434 e. The third-order valence-electron chi connectivity index (χ3n) is 4.80. The number of hydrogen-bond donors (Lipinski definition) is 0. The molecule has 1 aromatic rings. The molecule has 0 radical (unpaired) electrons. The van der Waals surface area contributed by atoms with Crippen molar-refractivity contribution in [2.75, 3.05) is 18.0 Å². The minimum Gasteiger partial charge on any atom is -0.371 e. The second-order valence-corrected chi connectivity index (χ2v) is 6.87. The van der Waals surface area contributed by atoms with E-state index in [1.165, 1.54) is 38.8 Å². The molecule has 2 aliphatic heterocycles. The van der Waals surface area contributed by atoms with Crippen molar-refractivity contribution >= 4 is 5.69 Å². The lowest BCUT2D eigenvalue weighted by atomic mass is 9.79. The van der Waals surface area contributed by atoms with Crippen LogP contribution in [0.4, 0.5) is 5.69 Å². The molecule has 0 bridgehead atoms. The van der Waals surface area contributed by atoms with Crippen molar-refractivity contribution in [3.63, 3.8) is 0 Å². The normalized spacial score (nSPS) is 18.1. The Kier molecular flexibility index (Phi) is 3.32. The zero-order valence-electron chi connectivity index (χ0n) is 12.9. The minimum absolute atomic E-state index is 0.649. The van der Waals surface area contributed by atoms with Crippen LogP contribution in [0.1, 0.15) is 74.6 Å². The molecule has 3 rings (SSSR count). The molecule has 104 valence electrons. The molecule has 1 heteroatoms. The summed E-state index contributed by atoms with van der Waals surface area (Å²) in [5, 5.41) is 0. The summed E-state index contributed by atoms with van der Waals surface area (Å²) in [7, 11) is 0. The molecule has 2 heterocycles. The Hall–Kier alpha value is -0.980. The van der Waals surface area contributed by atoms with Gasteiger partial charge in [-0.05, 0) is 59.8 Å². The molecule has 1 nitrogen and oxygen atoms in total. The number of anilines is 1. The van der Waals surface area contributed by atoms with E-state index < -0.39 is 0 Å². The van der Waals surface area contributed by atoms with Crippen LogP contribution in [0.3, 0.4) is 0 Å². The van der Waals surface area contributed by atoms with Crippen molar-refractivity contribution in [2.24, 2.45) is 0 Å². The van der Waals surface area contributed by atoms with Gasteiger partial charge < -0.3 is 4.90 Å². The van der Waals surface area contributed by atoms with Crippen molar-refractivity contribution in [3.05, 3.63) is 28.3 Å². The molecule has 0 spiro atoms. The predicted octanol–water partition coefficient (Wildman–Crippen LogP) is 4.63. The average Bonchev–Trinajstić information content (AvgIpc) is 2.38. The number of aryl methyl sites for hydroxylation is 1. The van der Waals surface area contributed by atoms with E-state index in [9.17, 15) is 0 Å². The van der Waals surface area contributed by atoms with Gasteiger partial charge in [0, 0.05) is 18.8 Å². The molecule has 2 aliphatic rings. The largest absolute Gasteiger partial charge is 0.371 e. The summed E-state index contributed by atoms with van der Waals surface area (Å²) in [4.78, 5) is 2.66. The van der Waals surface area contributed by atoms with E-state index in [1.54, 1.807) is 27.9 Å². The molecule has 0 saturated heterocycles. The van der Waals surface area contributed by atoms with Crippen LogP contribution in [-0.2, 0) is 12.8 Å². The Morgan fingerprint density at radius 3 is 2.26 bits per heavy atom. The van der Waals surface area contributed by atoms with E-state index in [1.807, 2.05) is 0 Å². The minimum atomic E-state index is 0.649. The van der Waals surface area contributed by atoms with E-state index in [0.717, 1.165) is 0 Å². The fraction of sp³-hybridized carbons (Fsp3) is 0.667. The van der Waals surface area contributed by atoms with Gasteiger partial charge in [0.05, 0.1) is 0 Å². The standard InChI is InChI=1S/C18H27N/c1-12(2)16-11-14-7-5-9-19-10-6-8-15(18(14)19)17(16)13(3)4/h11-13H,5-10H2,1-4H3. The summed E-state index contributed by atoms with van der Waals surface area (Å²) >= 11 is 0. The molecular formula is C18H27N. The van der Waals surface area contributed by atoms with Gasteiger partial charge in [0.25, 0.3) is 0 Å². The number of nitrogens with zero attached hydrogens (tertiary/aromatic N) is 1. The van der Waals surface area contributed by atoms with Crippen LogP contribution in [0.2, 0.25) is 0 Å². The van der Waals surface area contributed by atoms with Gasteiger partial charge in [-0.25, -0.2) is 0 Å². The zero-order chi connectivity index (χ0) is 13.6. The molecule has 0 saturated carbocycles. The van der Waals surface area contributed by atoms with Crippen molar-refractivity contribution in [3.8, 4) is 0 Å². The van der Waals surface area contributed by atoms with E-state index >= 15 is 0 Å². The van der Waals surface area contributed by atoms with Crippen LogP contribution in [0.5, 0.6) is 0 Å². The summed E-state index contributed by atoms with van der Waals surface area (Å²) in [5.74, 6) is 1.30. The third kappa shape index (κ3) is 2.07. The van der Waals surface area contributed by atoms with Crippen molar-refractivity contribution < 1.29 is 0 Å². The fourth-order valence-electron chi connectivity index (χ4n) is 4.07. The molecule has 0 amide bonds. The van der Waals surface area contributed by atoms with Gasteiger partial charge in [-0.3, -0.25) is 0 Å². The van der Waals surface area contributed by atoms with Crippen molar-refractivity contribution in [1.29, 1.82) is 0 Å². The first-order chi connectivity index (χ1) is 9.09. The highest BCUT2D eigenvalue weighted by molar-refractivity contribution is 5.68. The first-order valence-electron chi connectivity index (χ1n) is 8.03. The predicted molar refractivity (Wildman–Crippen MR) is 83.5 cm³/mol. The zero-order valence-corrected chi connectivity index (χ0v) is 12.9. The van der Waals surface area contributed by atoms with Crippen LogP contribution in [-0.4, -0.2) is 13.1 Å². The maximum atomic E-state index is 2.66. The van der Waals surface area contributed by atoms with Crippen LogP contribution < -0.4 is 4.90 Å². The lowest BCUT2D eigenvalue weighted by Gasteiger charge is -2.39. The van der Waals surface area contributed by atoms with E-state index in [-0.39, 0.29) is 0 Å². The molecule has 0 N–H and O–H groups in total. The molecule has 0 aliphatic carbocycles. The number of rotatable bonds is 2.